The topological polar surface area (TPSA) is 29.3 Å². The molecule has 0 amide bonds. The molecule has 2 N–H and O–H groups in total. The molecule has 102 valence electrons. The van der Waals surface area contributed by atoms with Crippen molar-refractivity contribution in [3.05, 3.63) is 35.9 Å². The Bertz CT molecular complexity index is 340. The van der Waals surface area contributed by atoms with Gasteiger partial charge in [0.15, 0.2) is 0 Å². The molecule has 0 aliphatic heterocycles. The maximum absolute atomic E-state index is 5.94. The molecule has 2 unspecified atom stereocenters. The Morgan fingerprint density at radius 2 is 1.72 bits per heavy atom. The van der Waals surface area contributed by atoms with Crippen molar-refractivity contribution in [2.45, 2.75) is 39.7 Å². The van der Waals surface area contributed by atoms with Crippen molar-refractivity contribution in [3.63, 3.8) is 0 Å². The highest BCUT2D eigenvalue weighted by atomic mass is 15.1. The first kappa shape index (κ1) is 15.2. The average molecular weight is 248 g/mol. The molecule has 1 rings (SSSR count). The van der Waals surface area contributed by atoms with Gasteiger partial charge in [0.1, 0.15) is 0 Å². The lowest BCUT2D eigenvalue weighted by atomic mass is 9.86. The SMILES string of the molecule is CC(N(C)CC(CN)c1ccccc1)C(C)(C)C. The van der Waals surface area contributed by atoms with Crippen molar-refractivity contribution in [2.75, 3.05) is 20.1 Å². The van der Waals surface area contributed by atoms with Crippen LogP contribution in [0.4, 0.5) is 0 Å². The van der Waals surface area contributed by atoms with Crippen molar-refractivity contribution < 1.29 is 0 Å². The maximum Gasteiger partial charge on any atom is 0.0113 e. The minimum absolute atomic E-state index is 0.296. The van der Waals surface area contributed by atoms with Gasteiger partial charge in [0, 0.05) is 25.0 Å². The molecule has 2 nitrogen and oxygen atoms in total. The first-order valence-electron chi connectivity index (χ1n) is 6.81. The van der Waals surface area contributed by atoms with E-state index in [1.807, 2.05) is 0 Å². The Balaban J connectivity index is 2.70. The molecule has 1 aromatic carbocycles. The predicted octanol–water partition coefficient (Wildman–Crippen LogP) is 3.10. The predicted molar refractivity (Wildman–Crippen MR) is 79.8 cm³/mol. The van der Waals surface area contributed by atoms with Crippen molar-refractivity contribution >= 4 is 0 Å². The van der Waals surface area contributed by atoms with Gasteiger partial charge in [-0.25, -0.2) is 0 Å². The van der Waals surface area contributed by atoms with Gasteiger partial charge in [-0.05, 0) is 24.9 Å². The fourth-order valence-corrected chi connectivity index (χ4v) is 2.21. The molecule has 0 aliphatic carbocycles. The van der Waals surface area contributed by atoms with Gasteiger partial charge in [-0.1, -0.05) is 51.1 Å². The molecule has 0 bridgehead atoms. The van der Waals surface area contributed by atoms with Crippen LogP contribution in [0.25, 0.3) is 0 Å². The fraction of sp³-hybridized carbons (Fsp3) is 0.625. The summed E-state index contributed by atoms with van der Waals surface area (Å²) in [5.41, 5.74) is 7.57. The highest BCUT2D eigenvalue weighted by Gasteiger charge is 2.25. The molecular weight excluding hydrogens is 220 g/mol. The maximum atomic E-state index is 5.94. The molecule has 0 fully saturated rings. The monoisotopic (exact) mass is 248 g/mol. The van der Waals surface area contributed by atoms with Crippen molar-refractivity contribution in [3.8, 4) is 0 Å². The highest BCUT2D eigenvalue weighted by molar-refractivity contribution is 5.20. The molecule has 0 saturated heterocycles. The van der Waals surface area contributed by atoms with Crippen molar-refractivity contribution in [1.29, 1.82) is 0 Å². The van der Waals surface area contributed by atoms with Gasteiger partial charge >= 0.3 is 0 Å². The molecular formula is C16H28N2. The Labute approximate surface area is 112 Å². The van der Waals surface area contributed by atoms with E-state index in [9.17, 15) is 0 Å². The second-order valence-electron chi connectivity index (χ2n) is 6.32. The van der Waals surface area contributed by atoms with Crippen LogP contribution in [0.2, 0.25) is 0 Å². The molecule has 0 spiro atoms. The molecule has 0 aliphatic rings. The van der Waals surface area contributed by atoms with Crippen LogP contribution in [0.1, 0.15) is 39.2 Å². The van der Waals surface area contributed by atoms with Crippen molar-refractivity contribution in [1.82, 2.24) is 4.90 Å². The Hall–Kier alpha value is -0.860. The van der Waals surface area contributed by atoms with Crippen LogP contribution < -0.4 is 5.73 Å². The van der Waals surface area contributed by atoms with Gasteiger partial charge in [-0.2, -0.15) is 0 Å². The molecule has 0 heterocycles. The summed E-state index contributed by atoms with van der Waals surface area (Å²) in [5, 5.41) is 0. The lowest BCUT2D eigenvalue weighted by Gasteiger charge is -2.37. The number of hydrogen-bond donors (Lipinski definition) is 1. The largest absolute Gasteiger partial charge is 0.330 e. The molecule has 2 atom stereocenters. The minimum Gasteiger partial charge on any atom is -0.330 e. The Kier molecular flexibility index (Phi) is 5.36. The number of rotatable bonds is 5. The summed E-state index contributed by atoms with van der Waals surface area (Å²) in [6, 6.07) is 11.1. The first-order chi connectivity index (χ1) is 8.36. The van der Waals surface area contributed by atoms with E-state index >= 15 is 0 Å². The number of benzene rings is 1. The second kappa shape index (κ2) is 6.35. The van der Waals surface area contributed by atoms with E-state index in [-0.39, 0.29) is 0 Å². The quantitative estimate of drug-likeness (QED) is 0.867. The summed E-state index contributed by atoms with van der Waals surface area (Å²) in [6.07, 6.45) is 0. The van der Waals surface area contributed by atoms with Crippen LogP contribution in [0.3, 0.4) is 0 Å². The second-order valence-corrected chi connectivity index (χ2v) is 6.32. The summed E-state index contributed by atoms with van der Waals surface area (Å²) in [6.45, 7) is 10.9. The van der Waals surface area contributed by atoms with Crippen LogP contribution in [-0.4, -0.2) is 31.1 Å². The Morgan fingerprint density at radius 1 is 1.17 bits per heavy atom. The van der Waals surface area contributed by atoms with E-state index < -0.39 is 0 Å². The van der Waals surface area contributed by atoms with E-state index in [4.69, 9.17) is 5.73 Å². The molecule has 0 radical (unpaired) electrons. The zero-order valence-electron chi connectivity index (χ0n) is 12.5. The van der Waals surface area contributed by atoms with E-state index in [2.05, 4.69) is 70.0 Å². The standard InChI is InChI=1S/C16H28N2/c1-13(16(2,3)4)18(5)12-15(11-17)14-9-7-6-8-10-14/h6-10,13,15H,11-12,17H2,1-5H3. The average Bonchev–Trinajstić information content (AvgIpc) is 2.34. The zero-order valence-corrected chi connectivity index (χ0v) is 12.5. The molecule has 0 saturated carbocycles. The van der Waals surface area contributed by atoms with E-state index in [1.165, 1.54) is 5.56 Å². The molecule has 0 aromatic heterocycles. The van der Waals surface area contributed by atoms with Gasteiger partial charge in [-0.15, -0.1) is 0 Å². The minimum atomic E-state index is 0.296. The summed E-state index contributed by atoms with van der Waals surface area (Å²) in [7, 11) is 2.20. The fourth-order valence-electron chi connectivity index (χ4n) is 2.21. The lowest BCUT2D eigenvalue weighted by Crippen LogP contribution is -2.42. The molecule has 18 heavy (non-hydrogen) atoms. The van der Waals surface area contributed by atoms with Gasteiger partial charge in [0.2, 0.25) is 0 Å². The summed E-state index contributed by atoms with van der Waals surface area (Å²) in [5.74, 6) is 0.418. The first-order valence-corrected chi connectivity index (χ1v) is 6.81. The van der Waals surface area contributed by atoms with Gasteiger partial charge in [-0.3, -0.25) is 0 Å². The van der Waals surface area contributed by atoms with Gasteiger partial charge in [0.05, 0.1) is 0 Å². The van der Waals surface area contributed by atoms with Crippen molar-refractivity contribution in [2.24, 2.45) is 11.1 Å². The van der Waals surface area contributed by atoms with Crippen LogP contribution in [-0.2, 0) is 0 Å². The van der Waals surface area contributed by atoms with E-state index in [1.54, 1.807) is 0 Å². The molecule has 2 heteroatoms. The third-order valence-corrected chi connectivity index (χ3v) is 3.98. The van der Waals surface area contributed by atoms with Crippen LogP contribution in [0.5, 0.6) is 0 Å². The van der Waals surface area contributed by atoms with Crippen LogP contribution in [0, 0.1) is 5.41 Å². The van der Waals surface area contributed by atoms with Gasteiger partial charge < -0.3 is 10.6 Å². The smallest absolute Gasteiger partial charge is 0.0113 e. The van der Waals surface area contributed by atoms with E-state index in [0.29, 0.717) is 23.9 Å². The number of hydrogen-bond acceptors (Lipinski definition) is 2. The Morgan fingerprint density at radius 3 is 2.17 bits per heavy atom. The zero-order chi connectivity index (χ0) is 13.8. The third-order valence-electron chi connectivity index (χ3n) is 3.98. The number of nitrogens with two attached hydrogens (primary N) is 1. The summed E-state index contributed by atoms with van der Waals surface area (Å²) >= 11 is 0. The van der Waals surface area contributed by atoms with Crippen LogP contribution in [0.15, 0.2) is 30.3 Å². The molecule has 1 aromatic rings. The third kappa shape index (κ3) is 4.11. The summed E-state index contributed by atoms with van der Waals surface area (Å²) in [4.78, 5) is 2.42. The number of nitrogens with zero attached hydrogens (tertiary/aromatic N) is 1. The van der Waals surface area contributed by atoms with Gasteiger partial charge in [0.25, 0.3) is 0 Å². The number of likely N-dealkylation sites (N-methyl/N-ethyl adjacent to an activating group) is 1. The van der Waals surface area contributed by atoms with E-state index in [0.717, 1.165) is 6.54 Å². The summed E-state index contributed by atoms with van der Waals surface area (Å²) < 4.78 is 0. The lowest BCUT2D eigenvalue weighted by molar-refractivity contribution is 0.134. The highest BCUT2D eigenvalue weighted by Crippen LogP contribution is 2.25. The normalized spacial score (nSPS) is 15.7. The van der Waals surface area contributed by atoms with Crippen LogP contribution >= 0.6 is 0 Å².